The summed E-state index contributed by atoms with van der Waals surface area (Å²) in [6.45, 7) is 5.85. The molecular formula is C15H21N. The van der Waals surface area contributed by atoms with Crippen LogP contribution in [0.15, 0.2) is 18.2 Å². The van der Waals surface area contributed by atoms with Gasteiger partial charge in [-0.25, -0.2) is 0 Å². The van der Waals surface area contributed by atoms with Crippen molar-refractivity contribution in [2.24, 2.45) is 0 Å². The molecule has 1 heterocycles. The van der Waals surface area contributed by atoms with E-state index in [0.29, 0.717) is 6.04 Å². The molecule has 1 aromatic rings. The molecule has 1 aliphatic carbocycles. The van der Waals surface area contributed by atoms with Crippen LogP contribution in [0.4, 0.5) is 0 Å². The van der Waals surface area contributed by atoms with Crippen LogP contribution in [0.2, 0.25) is 0 Å². The zero-order valence-corrected chi connectivity index (χ0v) is 10.3. The molecule has 16 heavy (non-hydrogen) atoms. The van der Waals surface area contributed by atoms with Gasteiger partial charge in [0.15, 0.2) is 0 Å². The molecule has 1 nitrogen and oxygen atoms in total. The van der Waals surface area contributed by atoms with E-state index in [0.717, 1.165) is 11.8 Å². The highest BCUT2D eigenvalue weighted by Crippen LogP contribution is 2.44. The fourth-order valence-electron chi connectivity index (χ4n) is 3.52. The molecule has 0 aromatic heterocycles. The van der Waals surface area contributed by atoms with E-state index in [2.05, 4.69) is 37.4 Å². The van der Waals surface area contributed by atoms with Crippen molar-refractivity contribution < 1.29 is 0 Å². The molecule has 1 N–H and O–H groups in total. The largest absolute Gasteiger partial charge is 0.309 e. The predicted octanol–water partition coefficient (Wildman–Crippen LogP) is 3.72. The van der Waals surface area contributed by atoms with E-state index in [1.54, 1.807) is 16.7 Å². The molecule has 1 aromatic carbocycles. The number of rotatable bonds is 1. The van der Waals surface area contributed by atoms with Gasteiger partial charge in [-0.15, -0.1) is 0 Å². The average Bonchev–Trinajstić information content (AvgIpc) is 2.34. The van der Waals surface area contributed by atoms with Crippen molar-refractivity contribution in [3.63, 3.8) is 0 Å². The minimum Gasteiger partial charge on any atom is -0.309 e. The Morgan fingerprint density at radius 3 is 2.88 bits per heavy atom. The molecule has 0 fully saturated rings. The normalized spacial score (nSPS) is 32.2. The van der Waals surface area contributed by atoms with Crippen LogP contribution in [-0.4, -0.2) is 6.54 Å². The van der Waals surface area contributed by atoms with Gasteiger partial charge < -0.3 is 5.32 Å². The maximum Gasteiger partial charge on any atom is 0.0320 e. The Kier molecular flexibility index (Phi) is 2.51. The highest BCUT2D eigenvalue weighted by atomic mass is 14.9. The number of hydrogen-bond donors (Lipinski definition) is 1. The van der Waals surface area contributed by atoms with Gasteiger partial charge in [-0.2, -0.15) is 0 Å². The lowest BCUT2D eigenvalue weighted by Gasteiger charge is -2.38. The van der Waals surface area contributed by atoms with Crippen molar-refractivity contribution in [1.29, 1.82) is 0 Å². The Labute approximate surface area is 98.3 Å². The third kappa shape index (κ3) is 1.41. The average molecular weight is 215 g/mol. The zero-order valence-electron chi connectivity index (χ0n) is 10.3. The van der Waals surface area contributed by atoms with Crippen molar-refractivity contribution >= 4 is 0 Å². The molecule has 2 aliphatic rings. The third-order valence-corrected chi connectivity index (χ3v) is 4.46. The van der Waals surface area contributed by atoms with Crippen LogP contribution >= 0.6 is 0 Å². The van der Waals surface area contributed by atoms with Gasteiger partial charge in [-0.05, 0) is 47.8 Å². The summed E-state index contributed by atoms with van der Waals surface area (Å²) in [6, 6.07) is 7.54. The Balaban J connectivity index is 2.15. The summed E-state index contributed by atoms with van der Waals surface area (Å²) >= 11 is 0. The maximum absolute atomic E-state index is 3.70. The molecular weight excluding hydrogens is 194 g/mol. The summed E-state index contributed by atoms with van der Waals surface area (Å²) in [4.78, 5) is 0. The summed E-state index contributed by atoms with van der Waals surface area (Å²) < 4.78 is 0. The van der Waals surface area contributed by atoms with Gasteiger partial charge in [0.05, 0.1) is 0 Å². The van der Waals surface area contributed by atoms with Crippen LogP contribution < -0.4 is 5.32 Å². The second-order valence-electron chi connectivity index (χ2n) is 5.39. The molecule has 86 valence electrons. The summed E-state index contributed by atoms with van der Waals surface area (Å²) in [5.41, 5.74) is 4.92. The first-order valence-electron chi connectivity index (χ1n) is 6.67. The molecule has 0 spiro atoms. The maximum atomic E-state index is 3.70. The molecule has 0 bridgehead atoms. The summed E-state index contributed by atoms with van der Waals surface area (Å²) in [5.74, 6) is 1.55. The number of nitrogens with one attached hydrogen (secondary N) is 1. The van der Waals surface area contributed by atoms with E-state index in [-0.39, 0.29) is 0 Å². The lowest BCUT2D eigenvalue weighted by molar-refractivity contribution is 0.395. The minimum atomic E-state index is 0.594. The first kappa shape index (κ1) is 10.3. The zero-order chi connectivity index (χ0) is 11.1. The van der Waals surface area contributed by atoms with Gasteiger partial charge in [-0.3, -0.25) is 0 Å². The van der Waals surface area contributed by atoms with Gasteiger partial charge in [0.1, 0.15) is 0 Å². The van der Waals surface area contributed by atoms with Crippen molar-refractivity contribution in [2.75, 3.05) is 6.54 Å². The van der Waals surface area contributed by atoms with Crippen LogP contribution in [0.1, 0.15) is 67.7 Å². The first-order chi connectivity index (χ1) is 7.81. The second-order valence-corrected chi connectivity index (χ2v) is 5.39. The molecule has 1 heteroatoms. The van der Waals surface area contributed by atoms with E-state index in [4.69, 9.17) is 0 Å². The molecule has 1 aliphatic heterocycles. The number of hydrogen-bond acceptors (Lipinski definition) is 1. The van der Waals surface area contributed by atoms with Crippen molar-refractivity contribution in [3.8, 4) is 0 Å². The van der Waals surface area contributed by atoms with Crippen molar-refractivity contribution in [3.05, 3.63) is 34.9 Å². The fraction of sp³-hybridized carbons (Fsp3) is 0.600. The van der Waals surface area contributed by atoms with Crippen LogP contribution in [0.5, 0.6) is 0 Å². The van der Waals surface area contributed by atoms with Crippen LogP contribution in [0.25, 0.3) is 0 Å². The standard InChI is InChI=1S/C15H21N/c1-3-14-13-6-4-5-12-10(2)7-8-11(9-16-14)15(12)13/h4-6,10-11,14,16H,3,7-9H2,1-2H3. The summed E-state index contributed by atoms with van der Waals surface area (Å²) in [6.07, 6.45) is 3.94. The van der Waals surface area contributed by atoms with Gasteiger partial charge in [0, 0.05) is 12.6 Å². The SMILES string of the molecule is CCC1NCC2CCC(C)c3cccc1c32. The van der Waals surface area contributed by atoms with E-state index >= 15 is 0 Å². The highest BCUT2D eigenvalue weighted by Gasteiger charge is 2.32. The Morgan fingerprint density at radius 1 is 1.25 bits per heavy atom. The van der Waals surface area contributed by atoms with Gasteiger partial charge in [0.25, 0.3) is 0 Å². The molecule has 3 rings (SSSR count). The quantitative estimate of drug-likeness (QED) is 0.753. The van der Waals surface area contributed by atoms with E-state index < -0.39 is 0 Å². The summed E-state index contributed by atoms with van der Waals surface area (Å²) in [7, 11) is 0. The van der Waals surface area contributed by atoms with Gasteiger partial charge >= 0.3 is 0 Å². The molecule has 3 unspecified atom stereocenters. The topological polar surface area (TPSA) is 12.0 Å². The minimum absolute atomic E-state index is 0.594. The fourth-order valence-corrected chi connectivity index (χ4v) is 3.52. The van der Waals surface area contributed by atoms with Crippen LogP contribution in [0.3, 0.4) is 0 Å². The Bertz CT molecular complexity index is 396. The predicted molar refractivity (Wildman–Crippen MR) is 67.9 cm³/mol. The Hall–Kier alpha value is -0.820. The monoisotopic (exact) mass is 215 g/mol. The molecule has 3 atom stereocenters. The summed E-state index contributed by atoms with van der Waals surface area (Å²) in [5, 5.41) is 3.70. The molecule has 0 saturated heterocycles. The van der Waals surface area contributed by atoms with E-state index in [1.165, 1.54) is 25.8 Å². The van der Waals surface area contributed by atoms with Gasteiger partial charge in [0.2, 0.25) is 0 Å². The highest BCUT2D eigenvalue weighted by molar-refractivity contribution is 5.45. The lowest BCUT2D eigenvalue weighted by Crippen LogP contribution is -2.35. The van der Waals surface area contributed by atoms with E-state index in [9.17, 15) is 0 Å². The Morgan fingerprint density at radius 2 is 2.06 bits per heavy atom. The van der Waals surface area contributed by atoms with Crippen LogP contribution in [-0.2, 0) is 0 Å². The molecule has 0 amide bonds. The first-order valence-corrected chi connectivity index (χ1v) is 6.67. The second kappa shape index (κ2) is 3.89. The molecule has 0 radical (unpaired) electrons. The molecule has 0 saturated carbocycles. The lowest BCUT2D eigenvalue weighted by atomic mass is 9.72. The van der Waals surface area contributed by atoms with Crippen molar-refractivity contribution in [2.45, 2.75) is 51.0 Å². The van der Waals surface area contributed by atoms with Crippen LogP contribution in [0, 0.1) is 0 Å². The number of benzene rings is 1. The van der Waals surface area contributed by atoms with Gasteiger partial charge in [-0.1, -0.05) is 32.0 Å². The van der Waals surface area contributed by atoms with Crippen molar-refractivity contribution in [1.82, 2.24) is 5.32 Å². The smallest absolute Gasteiger partial charge is 0.0320 e. The van der Waals surface area contributed by atoms with E-state index in [1.807, 2.05) is 0 Å². The third-order valence-electron chi connectivity index (χ3n) is 4.46.